The summed E-state index contributed by atoms with van der Waals surface area (Å²) in [4.78, 5) is 11.4. The minimum absolute atomic E-state index is 0.430. The molecule has 1 aliphatic heterocycles. The zero-order valence-corrected chi connectivity index (χ0v) is 15.5. The molecule has 0 spiro atoms. The van der Waals surface area contributed by atoms with Gasteiger partial charge in [-0.2, -0.15) is 0 Å². The largest absolute Gasteiger partial charge is 0.481 e. The monoisotopic (exact) mass is 333 g/mol. The molecule has 2 N–H and O–H groups in total. The number of aliphatic imine (C=N–C) groups is 1. The fourth-order valence-corrected chi connectivity index (χ4v) is 2.90. The number of aromatic nitrogens is 1. The lowest BCUT2D eigenvalue weighted by atomic mass is 10.1. The van der Waals surface area contributed by atoms with Gasteiger partial charge in [-0.1, -0.05) is 13.0 Å². The summed E-state index contributed by atoms with van der Waals surface area (Å²) in [7, 11) is 1.62. The first-order chi connectivity index (χ1) is 11.5. The Kier molecular flexibility index (Phi) is 6.85. The molecule has 2 unspecified atom stereocenters. The van der Waals surface area contributed by atoms with E-state index >= 15 is 0 Å². The van der Waals surface area contributed by atoms with Crippen LogP contribution in [0.5, 0.6) is 5.88 Å². The normalized spacial score (nSPS) is 22.0. The Morgan fingerprint density at radius 3 is 2.75 bits per heavy atom. The van der Waals surface area contributed by atoms with E-state index in [-0.39, 0.29) is 0 Å². The van der Waals surface area contributed by atoms with Crippen molar-refractivity contribution in [1.29, 1.82) is 0 Å². The van der Waals surface area contributed by atoms with Crippen molar-refractivity contribution < 1.29 is 4.74 Å². The molecule has 1 fully saturated rings. The smallest absolute Gasteiger partial charge is 0.212 e. The number of nitrogens with one attached hydrogen (secondary N) is 2. The molecule has 1 aromatic heterocycles. The van der Waals surface area contributed by atoms with E-state index in [1.807, 2.05) is 18.3 Å². The molecule has 1 saturated heterocycles. The molecule has 134 valence electrons. The molecule has 24 heavy (non-hydrogen) atoms. The molecule has 0 amide bonds. The van der Waals surface area contributed by atoms with Crippen LogP contribution in [0, 0.1) is 5.92 Å². The van der Waals surface area contributed by atoms with Crippen molar-refractivity contribution in [2.75, 3.05) is 26.7 Å². The molecule has 0 bridgehead atoms. The molecule has 6 nitrogen and oxygen atoms in total. The lowest BCUT2D eigenvalue weighted by Gasteiger charge is -2.22. The van der Waals surface area contributed by atoms with Crippen LogP contribution >= 0.6 is 0 Å². The van der Waals surface area contributed by atoms with E-state index in [2.05, 4.69) is 48.2 Å². The van der Waals surface area contributed by atoms with Crippen LogP contribution in [0.3, 0.4) is 0 Å². The van der Waals surface area contributed by atoms with E-state index < -0.39 is 0 Å². The van der Waals surface area contributed by atoms with Crippen molar-refractivity contribution in [3.63, 3.8) is 0 Å². The third-order valence-corrected chi connectivity index (χ3v) is 4.46. The van der Waals surface area contributed by atoms with Gasteiger partial charge in [0.25, 0.3) is 0 Å². The second-order valence-corrected chi connectivity index (χ2v) is 6.68. The summed E-state index contributed by atoms with van der Waals surface area (Å²) in [5.41, 5.74) is 1.07. The summed E-state index contributed by atoms with van der Waals surface area (Å²) in [6.07, 6.45) is 1.81. The highest BCUT2D eigenvalue weighted by atomic mass is 16.5. The molecular formula is C18H31N5O. The molecule has 0 radical (unpaired) electrons. The Hall–Kier alpha value is -1.82. The number of pyridine rings is 1. The van der Waals surface area contributed by atoms with E-state index in [9.17, 15) is 0 Å². The van der Waals surface area contributed by atoms with Crippen molar-refractivity contribution in [3.8, 4) is 5.88 Å². The maximum absolute atomic E-state index is 5.09. The first kappa shape index (κ1) is 18.5. The first-order valence-corrected chi connectivity index (χ1v) is 8.81. The number of methoxy groups -OCH3 is 1. The van der Waals surface area contributed by atoms with Crippen molar-refractivity contribution in [2.24, 2.45) is 10.9 Å². The maximum atomic E-state index is 5.09. The van der Waals surface area contributed by atoms with Gasteiger partial charge < -0.3 is 15.4 Å². The van der Waals surface area contributed by atoms with E-state index in [0.717, 1.165) is 31.2 Å². The predicted octanol–water partition coefficient (Wildman–Crippen LogP) is 1.87. The minimum Gasteiger partial charge on any atom is -0.481 e. The number of likely N-dealkylation sites (tertiary alicyclic amines) is 1. The molecule has 6 heteroatoms. The number of hydrogen-bond donors (Lipinski definition) is 2. The van der Waals surface area contributed by atoms with Gasteiger partial charge in [-0.3, -0.25) is 4.90 Å². The summed E-state index contributed by atoms with van der Waals surface area (Å²) in [6.45, 7) is 12.5. The van der Waals surface area contributed by atoms with Gasteiger partial charge in [0.05, 0.1) is 13.7 Å². The lowest BCUT2D eigenvalue weighted by molar-refractivity contribution is 0.265. The third-order valence-electron chi connectivity index (χ3n) is 4.46. The van der Waals surface area contributed by atoms with E-state index in [1.54, 1.807) is 7.11 Å². The van der Waals surface area contributed by atoms with Crippen molar-refractivity contribution in [1.82, 2.24) is 20.5 Å². The quantitative estimate of drug-likeness (QED) is 0.615. The highest BCUT2D eigenvalue weighted by molar-refractivity contribution is 5.80. The van der Waals surface area contributed by atoms with Gasteiger partial charge in [-0.15, -0.1) is 0 Å². The average Bonchev–Trinajstić information content (AvgIpc) is 2.94. The predicted molar refractivity (Wildman–Crippen MR) is 98.4 cm³/mol. The Bertz CT molecular complexity index is 529. The van der Waals surface area contributed by atoms with Crippen molar-refractivity contribution >= 4 is 5.96 Å². The fourth-order valence-electron chi connectivity index (χ4n) is 2.90. The number of rotatable bonds is 6. The number of nitrogens with zero attached hydrogens (tertiary/aromatic N) is 3. The Balaban J connectivity index is 1.97. The molecule has 2 heterocycles. The van der Waals surface area contributed by atoms with Crippen LogP contribution in [0.2, 0.25) is 0 Å². The first-order valence-electron chi connectivity index (χ1n) is 8.81. The standard InChI is InChI=1S/C18H31N5O/c1-6-19-18(21-10-15-7-8-17(24-5)20-9-15)22-16-12-23(13(2)3)11-14(16)4/h7-9,13-14,16H,6,10-12H2,1-5H3,(H2,19,21,22). The van der Waals surface area contributed by atoms with Gasteiger partial charge >= 0.3 is 0 Å². The number of hydrogen-bond acceptors (Lipinski definition) is 4. The van der Waals surface area contributed by atoms with Gasteiger partial charge in [0.1, 0.15) is 0 Å². The summed E-state index contributed by atoms with van der Waals surface area (Å²) < 4.78 is 5.09. The Morgan fingerprint density at radius 1 is 1.42 bits per heavy atom. The summed E-state index contributed by atoms with van der Waals surface area (Å²) in [5, 5.41) is 6.94. The van der Waals surface area contributed by atoms with Gasteiger partial charge in [0.15, 0.2) is 5.96 Å². The fraction of sp³-hybridized carbons (Fsp3) is 0.667. The van der Waals surface area contributed by atoms with Crippen LogP contribution < -0.4 is 15.4 Å². The van der Waals surface area contributed by atoms with Crippen molar-refractivity contribution in [2.45, 2.75) is 46.3 Å². The van der Waals surface area contributed by atoms with Gasteiger partial charge in [-0.05, 0) is 32.3 Å². The molecule has 0 aromatic carbocycles. The summed E-state index contributed by atoms with van der Waals surface area (Å²) >= 11 is 0. The highest BCUT2D eigenvalue weighted by Gasteiger charge is 2.31. The van der Waals surface area contributed by atoms with E-state index in [0.29, 0.717) is 30.4 Å². The van der Waals surface area contributed by atoms with Crippen molar-refractivity contribution in [3.05, 3.63) is 23.9 Å². The minimum atomic E-state index is 0.430. The Morgan fingerprint density at radius 2 is 2.21 bits per heavy atom. The van der Waals surface area contributed by atoms with Crippen LogP contribution in [0.25, 0.3) is 0 Å². The van der Waals surface area contributed by atoms with Crippen LogP contribution in [0.4, 0.5) is 0 Å². The molecule has 1 aromatic rings. The molecule has 0 saturated carbocycles. The zero-order valence-electron chi connectivity index (χ0n) is 15.5. The van der Waals surface area contributed by atoms with Gasteiger partial charge in [0.2, 0.25) is 5.88 Å². The van der Waals surface area contributed by atoms with Crippen LogP contribution in [-0.4, -0.2) is 54.7 Å². The molecule has 0 aliphatic carbocycles. The lowest BCUT2D eigenvalue weighted by Crippen LogP contribution is -2.46. The van der Waals surface area contributed by atoms with Gasteiger partial charge in [0, 0.05) is 44.0 Å². The molecular weight excluding hydrogens is 302 g/mol. The second-order valence-electron chi connectivity index (χ2n) is 6.68. The van der Waals surface area contributed by atoms with Crippen LogP contribution in [0.15, 0.2) is 23.3 Å². The highest BCUT2D eigenvalue weighted by Crippen LogP contribution is 2.18. The summed E-state index contributed by atoms with van der Waals surface area (Å²) in [6, 6.07) is 4.88. The third kappa shape index (κ3) is 5.09. The number of guanidine groups is 1. The topological polar surface area (TPSA) is 61.8 Å². The second kappa shape index (κ2) is 8.87. The number of ether oxygens (including phenoxy) is 1. The van der Waals surface area contributed by atoms with Crippen LogP contribution in [0.1, 0.15) is 33.3 Å². The average molecular weight is 333 g/mol. The Labute approximate surface area is 145 Å². The molecule has 2 rings (SSSR count). The van der Waals surface area contributed by atoms with E-state index in [1.165, 1.54) is 0 Å². The van der Waals surface area contributed by atoms with Crippen LogP contribution in [-0.2, 0) is 6.54 Å². The zero-order chi connectivity index (χ0) is 17.5. The van der Waals surface area contributed by atoms with E-state index in [4.69, 9.17) is 9.73 Å². The summed E-state index contributed by atoms with van der Waals surface area (Å²) in [5.74, 6) is 2.11. The molecule has 1 aliphatic rings. The molecule has 2 atom stereocenters. The van der Waals surface area contributed by atoms with Gasteiger partial charge in [-0.25, -0.2) is 9.98 Å². The SMILES string of the molecule is CCNC(=NCc1ccc(OC)nc1)NC1CN(C(C)C)CC1C. The maximum Gasteiger partial charge on any atom is 0.212 e.